The van der Waals surface area contributed by atoms with Gasteiger partial charge < -0.3 is 15.8 Å². The summed E-state index contributed by atoms with van der Waals surface area (Å²) in [6, 6.07) is 7.74. The van der Waals surface area contributed by atoms with Gasteiger partial charge in [-0.1, -0.05) is 45.0 Å². The molecule has 0 radical (unpaired) electrons. The number of nitrogens with two attached hydrogens (primary N) is 1. The maximum Gasteiger partial charge on any atom is 0.239 e. The molecule has 0 spiro atoms. The van der Waals surface area contributed by atoms with Gasteiger partial charge in [0, 0.05) is 13.7 Å². The molecule has 0 fully saturated rings. The van der Waals surface area contributed by atoms with Gasteiger partial charge in [0.2, 0.25) is 5.91 Å². The molecule has 0 aromatic heterocycles. The SMILES string of the molecule is CCC(C)(C)c1ccc(CNC(=O)C(N)COC)cc1. The van der Waals surface area contributed by atoms with Crippen molar-refractivity contribution in [1.29, 1.82) is 0 Å². The molecule has 20 heavy (non-hydrogen) atoms. The van der Waals surface area contributed by atoms with Crippen molar-refractivity contribution in [1.82, 2.24) is 5.32 Å². The van der Waals surface area contributed by atoms with E-state index in [1.165, 1.54) is 12.7 Å². The Kier molecular flexibility index (Phi) is 6.17. The number of hydrogen-bond donors (Lipinski definition) is 2. The van der Waals surface area contributed by atoms with Gasteiger partial charge in [0.25, 0.3) is 0 Å². The summed E-state index contributed by atoms with van der Waals surface area (Å²) in [5.41, 5.74) is 8.22. The smallest absolute Gasteiger partial charge is 0.239 e. The molecule has 0 bridgehead atoms. The standard InChI is InChI=1S/C16H26N2O2/c1-5-16(2,3)13-8-6-12(7-9-13)10-18-15(19)14(17)11-20-4/h6-9,14H,5,10-11,17H2,1-4H3,(H,18,19). The highest BCUT2D eigenvalue weighted by molar-refractivity contribution is 5.81. The Balaban J connectivity index is 2.56. The molecule has 1 amide bonds. The number of amides is 1. The van der Waals surface area contributed by atoms with Gasteiger partial charge in [0.05, 0.1) is 6.61 Å². The lowest BCUT2D eigenvalue weighted by atomic mass is 9.82. The van der Waals surface area contributed by atoms with E-state index in [4.69, 9.17) is 10.5 Å². The van der Waals surface area contributed by atoms with Crippen LogP contribution < -0.4 is 11.1 Å². The molecule has 0 saturated carbocycles. The molecule has 0 aliphatic carbocycles. The molecule has 0 aliphatic heterocycles. The Morgan fingerprint density at radius 1 is 1.35 bits per heavy atom. The van der Waals surface area contributed by atoms with Gasteiger partial charge in [-0.05, 0) is 23.0 Å². The molecule has 112 valence electrons. The van der Waals surface area contributed by atoms with E-state index in [0.29, 0.717) is 6.54 Å². The summed E-state index contributed by atoms with van der Waals surface area (Å²) in [5.74, 6) is -0.190. The highest BCUT2D eigenvalue weighted by Crippen LogP contribution is 2.26. The predicted octanol–water partition coefficient (Wildman–Crippen LogP) is 1.96. The number of carbonyl (C=O) groups is 1. The Morgan fingerprint density at radius 2 is 1.95 bits per heavy atom. The zero-order valence-corrected chi connectivity index (χ0v) is 12.9. The molecule has 0 heterocycles. The number of methoxy groups -OCH3 is 1. The molecule has 1 aromatic carbocycles. The van der Waals surface area contributed by atoms with Crippen LogP contribution in [0.2, 0.25) is 0 Å². The van der Waals surface area contributed by atoms with Crippen LogP contribution in [0.25, 0.3) is 0 Å². The summed E-state index contributed by atoms with van der Waals surface area (Å²) in [6.07, 6.45) is 1.09. The van der Waals surface area contributed by atoms with Crippen LogP contribution in [0.4, 0.5) is 0 Å². The van der Waals surface area contributed by atoms with Gasteiger partial charge in [-0.2, -0.15) is 0 Å². The van der Waals surface area contributed by atoms with Gasteiger partial charge in [-0.25, -0.2) is 0 Å². The van der Waals surface area contributed by atoms with Crippen LogP contribution in [-0.2, 0) is 21.5 Å². The minimum absolute atomic E-state index is 0.183. The minimum atomic E-state index is -0.613. The van der Waals surface area contributed by atoms with Gasteiger partial charge in [0.15, 0.2) is 0 Å². The van der Waals surface area contributed by atoms with Crippen LogP contribution in [0.1, 0.15) is 38.3 Å². The summed E-state index contributed by atoms with van der Waals surface area (Å²) in [5, 5.41) is 2.81. The van der Waals surface area contributed by atoms with Crippen molar-refractivity contribution in [3.8, 4) is 0 Å². The third-order valence-electron chi connectivity index (χ3n) is 3.77. The summed E-state index contributed by atoms with van der Waals surface area (Å²) in [4.78, 5) is 11.7. The van der Waals surface area contributed by atoms with E-state index < -0.39 is 6.04 Å². The van der Waals surface area contributed by atoms with Gasteiger partial charge in [-0.3, -0.25) is 4.79 Å². The molecule has 1 atom stereocenters. The molecule has 0 aliphatic rings. The Morgan fingerprint density at radius 3 is 2.45 bits per heavy atom. The van der Waals surface area contributed by atoms with Crippen molar-refractivity contribution in [3.05, 3.63) is 35.4 Å². The predicted molar refractivity (Wildman–Crippen MR) is 81.5 cm³/mol. The quantitative estimate of drug-likeness (QED) is 0.801. The van der Waals surface area contributed by atoms with Crippen LogP contribution in [-0.4, -0.2) is 25.7 Å². The molecule has 3 N–H and O–H groups in total. The lowest BCUT2D eigenvalue weighted by Crippen LogP contribution is -2.43. The molecule has 1 unspecified atom stereocenters. The second-order valence-electron chi connectivity index (χ2n) is 5.71. The maximum atomic E-state index is 11.7. The third kappa shape index (κ3) is 4.62. The van der Waals surface area contributed by atoms with Crippen molar-refractivity contribution in [2.24, 2.45) is 5.73 Å². The molecular weight excluding hydrogens is 252 g/mol. The van der Waals surface area contributed by atoms with Gasteiger partial charge in [-0.15, -0.1) is 0 Å². The fraction of sp³-hybridized carbons (Fsp3) is 0.562. The van der Waals surface area contributed by atoms with Crippen LogP contribution in [0.3, 0.4) is 0 Å². The second kappa shape index (κ2) is 7.41. The fourth-order valence-electron chi connectivity index (χ4n) is 1.85. The molecule has 1 rings (SSSR count). The van der Waals surface area contributed by atoms with E-state index in [-0.39, 0.29) is 17.9 Å². The number of benzene rings is 1. The van der Waals surface area contributed by atoms with Crippen molar-refractivity contribution >= 4 is 5.91 Å². The fourth-order valence-corrected chi connectivity index (χ4v) is 1.85. The van der Waals surface area contributed by atoms with Crippen molar-refractivity contribution in [2.45, 2.75) is 45.2 Å². The molecule has 0 saturated heterocycles. The first-order valence-electron chi connectivity index (χ1n) is 7.02. The zero-order chi connectivity index (χ0) is 15.2. The van der Waals surface area contributed by atoms with Gasteiger partial charge in [0.1, 0.15) is 6.04 Å². The van der Waals surface area contributed by atoms with E-state index in [0.717, 1.165) is 12.0 Å². The average Bonchev–Trinajstić information content (AvgIpc) is 2.45. The van der Waals surface area contributed by atoms with Gasteiger partial charge >= 0.3 is 0 Å². The van der Waals surface area contributed by atoms with E-state index in [1.807, 2.05) is 0 Å². The second-order valence-corrected chi connectivity index (χ2v) is 5.71. The van der Waals surface area contributed by atoms with Crippen molar-refractivity contribution in [3.63, 3.8) is 0 Å². The average molecular weight is 278 g/mol. The number of hydrogen-bond acceptors (Lipinski definition) is 3. The first kappa shape index (κ1) is 16.7. The van der Waals surface area contributed by atoms with E-state index in [9.17, 15) is 4.79 Å². The van der Waals surface area contributed by atoms with Crippen LogP contribution >= 0.6 is 0 Å². The lowest BCUT2D eigenvalue weighted by molar-refractivity contribution is -0.123. The topological polar surface area (TPSA) is 64.4 Å². The largest absolute Gasteiger partial charge is 0.383 e. The highest BCUT2D eigenvalue weighted by Gasteiger charge is 2.17. The zero-order valence-electron chi connectivity index (χ0n) is 12.9. The molecular formula is C16H26N2O2. The van der Waals surface area contributed by atoms with Crippen molar-refractivity contribution < 1.29 is 9.53 Å². The Bertz CT molecular complexity index is 427. The number of carbonyl (C=O) groups excluding carboxylic acids is 1. The molecule has 4 heteroatoms. The first-order chi connectivity index (χ1) is 9.40. The first-order valence-corrected chi connectivity index (χ1v) is 7.02. The highest BCUT2D eigenvalue weighted by atomic mass is 16.5. The lowest BCUT2D eigenvalue weighted by Gasteiger charge is -2.23. The molecule has 1 aromatic rings. The van der Waals surface area contributed by atoms with E-state index >= 15 is 0 Å². The molecule has 4 nitrogen and oxygen atoms in total. The minimum Gasteiger partial charge on any atom is -0.383 e. The summed E-state index contributed by atoms with van der Waals surface area (Å²) >= 11 is 0. The summed E-state index contributed by atoms with van der Waals surface area (Å²) < 4.78 is 4.86. The Hall–Kier alpha value is -1.39. The summed E-state index contributed by atoms with van der Waals surface area (Å²) in [7, 11) is 1.53. The number of rotatable bonds is 7. The maximum absolute atomic E-state index is 11.7. The van der Waals surface area contributed by atoms with Crippen LogP contribution in [0, 0.1) is 0 Å². The number of ether oxygens (including phenoxy) is 1. The number of nitrogens with one attached hydrogen (secondary N) is 1. The van der Waals surface area contributed by atoms with Crippen LogP contribution in [0.15, 0.2) is 24.3 Å². The van der Waals surface area contributed by atoms with E-state index in [2.05, 4.69) is 50.4 Å². The van der Waals surface area contributed by atoms with Crippen molar-refractivity contribution in [2.75, 3.05) is 13.7 Å². The van der Waals surface area contributed by atoms with E-state index in [1.54, 1.807) is 0 Å². The third-order valence-corrected chi connectivity index (χ3v) is 3.77. The summed E-state index contributed by atoms with van der Waals surface area (Å²) in [6.45, 7) is 7.37. The Labute approximate surface area is 121 Å². The van der Waals surface area contributed by atoms with Crippen LogP contribution in [0.5, 0.6) is 0 Å². The normalized spacial score (nSPS) is 13.1. The monoisotopic (exact) mass is 278 g/mol.